The number of H-pyrrole nitrogens is 1. The van der Waals surface area contributed by atoms with Gasteiger partial charge in [0, 0.05) is 42.1 Å². The van der Waals surface area contributed by atoms with Gasteiger partial charge in [-0.15, -0.1) is 0 Å². The first-order chi connectivity index (χ1) is 14.7. The van der Waals surface area contributed by atoms with E-state index < -0.39 is 0 Å². The Hall–Kier alpha value is -2.95. The van der Waals surface area contributed by atoms with Crippen LogP contribution in [0.25, 0.3) is 10.9 Å². The Labute approximate surface area is 177 Å². The molecule has 2 amide bonds. The Morgan fingerprint density at radius 1 is 1.13 bits per heavy atom. The molecule has 0 spiro atoms. The van der Waals surface area contributed by atoms with Crippen LogP contribution in [0.3, 0.4) is 0 Å². The van der Waals surface area contributed by atoms with E-state index in [1.165, 1.54) is 40.6 Å². The molecule has 0 bridgehead atoms. The zero-order chi connectivity index (χ0) is 20.5. The fourth-order valence-corrected chi connectivity index (χ4v) is 4.54. The molecule has 1 saturated heterocycles. The van der Waals surface area contributed by atoms with Gasteiger partial charge in [-0.2, -0.15) is 0 Å². The van der Waals surface area contributed by atoms with Gasteiger partial charge in [0.05, 0.1) is 6.61 Å². The second-order valence-corrected chi connectivity index (χ2v) is 8.72. The molecule has 3 aromatic rings. The lowest BCUT2D eigenvalue weighted by molar-refractivity contribution is 0.0855. The van der Waals surface area contributed by atoms with E-state index >= 15 is 0 Å². The quantitative estimate of drug-likeness (QED) is 0.655. The molecule has 1 aliphatic heterocycles. The predicted octanol–water partition coefficient (Wildman–Crippen LogP) is 4.58. The number of rotatable bonds is 5. The molecule has 30 heavy (non-hydrogen) atoms. The number of aromatic nitrogens is 1. The SMILES string of the molecule is Cc1ccc(OCC2CN(C(=O)NCc3ccc4[nH]c5c(c4c3)CCCC5)C2)cc1. The van der Waals surface area contributed by atoms with Gasteiger partial charge in [-0.25, -0.2) is 4.79 Å². The Morgan fingerprint density at radius 2 is 1.93 bits per heavy atom. The van der Waals surface area contributed by atoms with Gasteiger partial charge in [0.25, 0.3) is 0 Å². The molecule has 2 N–H and O–H groups in total. The highest BCUT2D eigenvalue weighted by Crippen LogP contribution is 2.29. The number of carbonyl (C=O) groups is 1. The molecule has 2 aromatic carbocycles. The average Bonchev–Trinajstić information content (AvgIpc) is 3.10. The lowest BCUT2D eigenvalue weighted by atomic mass is 9.95. The summed E-state index contributed by atoms with van der Waals surface area (Å²) in [6, 6.07) is 14.6. The smallest absolute Gasteiger partial charge is 0.317 e. The highest BCUT2D eigenvalue weighted by molar-refractivity contribution is 5.85. The summed E-state index contributed by atoms with van der Waals surface area (Å²) in [5.41, 5.74) is 6.48. The summed E-state index contributed by atoms with van der Waals surface area (Å²) in [6.07, 6.45) is 4.85. The molecule has 5 rings (SSSR count). The molecule has 1 aromatic heterocycles. The number of hydrogen-bond donors (Lipinski definition) is 2. The molecule has 0 atom stereocenters. The molecule has 5 nitrogen and oxygen atoms in total. The summed E-state index contributed by atoms with van der Waals surface area (Å²) in [5.74, 6) is 1.30. The highest BCUT2D eigenvalue weighted by Gasteiger charge is 2.31. The monoisotopic (exact) mass is 403 g/mol. The van der Waals surface area contributed by atoms with Crippen LogP contribution >= 0.6 is 0 Å². The number of nitrogens with zero attached hydrogens (tertiary/aromatic N) is 1. The maximum Gasteiger partial charge on any atom is 0.317 e. The van der Waals surface area contributed by atoms with Gasteiger partial charge in [-0.1, -0.05) is 23.8 Å². The largest absolute Gasteiger partial charge is 0.493 e. The van der Waals surface area contributed by atoms with E-state index in [-0.39, 0.29) is 6.03 Å². The number of aryl methyl sites for hydroxylation is 3. The molecular formula is C25H29N3O2. The number of likely N-dealkylation sites (tertiary alicyclic amines) is 1. The van der Waals surface area contributed by atoms with Crippen LogP contribution in [0, 0.1) is 12.8 Å². The number of benzene rings is 2. The van der Waals surface area contributed by atoms with E-state index in [9.17, 15) is 4.79 Å². The van der Waals surface area contributed by atoms with Gasteiger partial charge in [0.2, 0.25) is 0 Å². The fourth-order valence-electron chi connectivity index (χ4n) is 4.54. The second kappa shape index (κ2) is 8.05. The summed E-state index contributed by atoms with van der Waals surface area (Å²) in [5, 5.41) is 4.40. The van der Waals surface area contributed by atoms with Crippen LogP contribution in [0.2, 0.25) is 0 Å². The minimum absolute atomic E-state index is 0.0118. The standard InChI is InChI=1S/C25H29N3O2/c1-17-6-9-20(10-7-17)30-16-19-14-28(15-19)25(29)26-13-18-8-11-24-22(12-18)21-4-2-3-5-23(21)27-24/h6-12,19,27H,2-5,13-16H2,1H3,(H,26,29). The van der Waals surface area contributed by atoms with Gasteiger partial charge in [0.15, 0.2) is 0 Å². The first kappa shape index (κ1) is 19.0. The van der Waals surface area contributed by atoms with Crippen LogP contribution < -0.4 is 10.1 Å². The summed E-state index contributed by atoms with van der Waals surface area (Å²) < 4.78 is 5.84. The van der Waals surface area contributed by atoms with Gasteiger partial charge >= 0.3 is 6.03 Å². The predicted molar refractivity (Wildman–Crippen MR) is 119 cm³/mol. The molecule has 156 valence electrons. The third-order valence-electron chi connectivity index (χ3n) is 6.36. The first-order valence-electron chi connectivity index (χ1n) is 11.0. The number of carbonyl (C=O) groups excluding carboxylic acids is 1. The van der Waals surface area contributed by atoms with Crippen LogP contribution in [0.5, 0.6) is 5.75 Å². The minimum Gasteiger partial charge on any atom is -0.493 e. The number of ether oxygens (including phenoxy) is 1. The zero-order valence-corrected chi connectivity index (χ0v) is 17.5. The molecular weight excluding hydrogens is 374 g/mol. The van der Waals surface area contributed by atoms with Crippen LogP contribution in [-0.2, 0) is 19.4 Å². The summed E-state index contributed by atoms with van der Waals surface area (Å²) in [7, 11) is 0. The number of fused-ring (bicyclic) bond motifs is 3. The van der Waals surface area contributed by atoms with Gasteiger partial charge in [-0.3, -0.25) is 0 Å². The van der Waals surface area contributed by atoms with E-state index in [1.54, 1.807) is 0 Å². The zero-order valence-electron chi connectivity index (χ0n) is 17.5. The van der Waals surface area contributed by atoms with Crippen LogP contribution in [0.1, 0.15) is 35.2 Å². The van der Waals surface area contributed by atoms with Crippen LogP contribution in [0.4, 0.5) is 4.79 Å². The molecule has 2 heterocycles. The van der Waals surface area contributed by atoms with Crippen LogP contribution in [-0.4, -0.2) is 35.6 Å². The lowest BCUT2D eigenvalue weighted by Crippen LogP contribution is -2.55. The second-order valence-electron chi connectivity index (χ2n) is 8.72. The topological polar surface area (TPSA) is 57.4 Å². The van der Waals surface area contributed by atoms with Crippen molar-refractivity contribution in [3.8, 4) is 5.75 Å². The summed E-state index contributed by atoms with van der Waals surface area (Å²) in [6.45, 7) is 4.79. The van der Waals surface area contributed by atoms with Crippen molar-refractivity contribution in [1.82, 2.24) is 15.2 Å². The Balaban J connectivity index is 1.10. The minimum atomic E-state index is 0.0118. The summed E-state index contributed by atoms with van der Waals surface area (Å²) in [4.78, 5) is 17.9. The van der Waals surface area contributed by atoms with Crippen molar-refractivity contribution in [3.63, 3.8) is 0 Å². The van der Waals surface area contributed by atoms with Gasteiger partial charge < -0.3 is 19.9 Å². The molecule has 1 aliphatic carbocycles. The van der Waals surface area contributed by atoms with Crippen molar-refractivity contribution in [2.45, 2.75) is 39.2 Å². The van der Waals surface area contributed by atoms with Crippen molar-refractivity contribution >= 4 is 16.9 Å². The molecule has 5 heteroatoms. The average molecular weight is 404 g/mol. The van der Waals surface area contributed by atoms with E-state index in [2.05, 4.69) is 47.6 Å². The molecule has 0 saturated carbocycles. The lowest BCUT2D eigenvalue weighted by Gasteiger charge is -2.38. The molecule has 0 radical (unpaired) electrons. The highest BCUT2D eigenvalue weighted by atomic mass is 16.5. The number of hydrogen-bond acceptors (Lipinski definition) is 2. The molecule has 0 unspecified atom stereocenters. The van der Waals surface area contributed by atoms with E-state index in [0.717, 1.165) is 37.2 Å². The number of urea groups is 1. The normalized spacial score (nSPS) is 16.2. The van der Waals surface area contributed by atoms with E-state index in [1.807, 2.05) is 17.0 Å². The number of aromatic amines is 1. The van der Waals surface area contributed by atoms with Crippen molar-refractivity contribution in [1.29, 1.82) is 0 Å². The maximum atomic E-state index is 12.5. The fraction of sp³-hybridized carbons (Fsp3) is 0.400. The maximum absolute atomic E-state index is 12.5. The third-order valence-corrected chi connectivity index (χ3v) is 6.36. The van der Waals surface area contributed by atoms with Crippen molar-refractivity contribution in [2.75, 3.05) is 19.7 Å². The van der Waals surface area contributed by atoms with Crippen molar-refractivity contribution < 1.29 is 9.53 Å². The Bertz CT molecular complexity index is 1050. The Kier molecular flexibility index (Phi) is 5.11. The molecule has 2 aliphatic rings. The van der Waals surface area contributed by atoms with Gasteiger partial charge in [-0.05, 0) is 68.0 Å². The van der Waals surface area contributed by atoms with E-state index in [4.69, 9.17) is 4.74 Å². The van der Waals surface area contributed by atoms with Crippen molar-refractivity contribution in [3.05, 3.63) is 64.8 Å². The number of nitrogens with one attached hydrogen (secondary N) is 2. The summed E-state index contributed by atoms with van der Waals surface area (Å²) >= 11 is 0. The Morgan fingerprint density at radius 3 is 2.77 bits per heavy atom. The van der Waals surface area contributed by atoms with Gasteiger partial charge in [0.1, 0.15) is 5.75 Å². The number of amides is 2. The molecule has 1 fully saturated rings. The van der Waals surface area contributed by atoms with Crippen molar-refractivity contribution in [2.24, 2.45) is 5.92 Å². The van der Waals surface area contributed by atoms with E-state index in [0.29, 0.717) is 19.1 Å². The third kappa shape index (κ3) is 3.89. The van der Waals surface area contributed by atoms with Crippen LogP contribution in [0.15, 0.2) is 42.5 Å². The first-order valence-corrected chi connectivity index (χ1v) is 11.0.